The maximum absolute atomic E-state index is 2.82. The highest BCUT2D eigenvalue weighted by Crippen LogP contribution is 2.59. The summed E-state index contributed by atoms with van der Waals surface area (Å²) in [5.74, 6) is 2.55. The lowest BCUT2D eigenvalue weighted by Gasteiger charge is -2.53. The van der Waals surface area contributed by atoms with Gasteiger partial charge in [0.15, 0.2) is 0 Å². The fraction of sp³-hybridized carbons (Fsp3) is 0.344. The summed E-state index contributed by atoms with van der Waals surface area (Å²) < 4.78 is 0. The Morgan fingerprint density at radius 1 is 0.397 bits per heavy atom. The first-order chi connectivity index (χ1) is 32.9. The van der Waals surface area contributed by atoms with E-state index in [1.165, 1.54) is 119 Å². The average molecular weight is 881 g/mol. The molecule has 0 atom stereocenters. The fourth-order valence-corrected chi connectivity index (χ4v) is 17.0. The Bertz CT molecular complexity index is 3140. The van der Waals surface area contributed by atoms with Crippen LogP contribution in [0, 0.1) is 27.7 Å². The Labute approximate surface area is 405 Å². The first-order valence-corrected chi connectivity index (χ1v) is 26.4. The Morgan fingerprint density at radius 3 is 1.13 bits per heavy atom. The van der Waals surface area contributed by atoms with E-state index >= 15 is 0 Å². The highest BCUT2D eigenvalue weighted by Gasteiger charge is 2.55. The van der Waals surface area contributed by atoms with Gasteiger partial charge in [0.25, 0.3) is 0 Å². The van der Waals surface area contributed by atoms with Gasteiger partial charge in [-0.15, -0.1) is 0 Å². The third kappa shape index (κ3) is 4.88. The van der Waals surface area contributed by atoms with Gasteiger partial charge in [-0.3, -0.25) is 0 Å². The van der Waals surface area contributed by atoms with Crippen molar-refractivity contribution >= 4 is 80.3 Å². The number of para-hydroxylation sites is 4. The Morgan fingerprint density at radius 2 is 0.750 bits per heavy atom. The number of hydrogen-bond donors (Lipinski definition) is 0. The molecule has 7 aromatic rings. The fourth-order valence-electron chi connectivity index (χ4n) is 17.0. The lowest BCUT2D eigenvalue weighted by Crippen LogP contribution is -2.68. The molecule has 2 fully saturated rings. The first kappa shape index (κ1) is 40.2. The van der Waals surface area contributed by atoms with E-state index in [-0.39, 0.29) is 24.3 Å². The molecular formula is C64H62B2N2. The van der Waals surface area contributed by atoms with Crippen LogP contribution in [-0.2, 0) is 10.8 Å². The van der Waals surface area contributed by atoms with Crippen LogP contribution < -0.4 is 42.6 Å². The molecular weight excluding hydrogens is 818 g/mol. The third-order valence-electron chi connectivity index (χ3n) is 19.8. The van der Waals surface area contributed by atoms with E-state index in [1.54, 1.807) is 66.4 Å². The number of fused-ring (bicyclic) bond motifs is 12. The molecule has 68 heavy (non-hydrogen) atoms. The van der Waals surface area contributed by atoms with Crippen LogP contribution in [0.3, 0.4) is 0 Å². The van der Waals surface area contributed by atoms with Gasteiger partial charge in [0.2, 0.25) is 13.4 Å². The summed E-state index contributed by atoms with van der Waals surface area (Å²) in [6.07, 6.45) is 10.6. The van der Waals surface area contributed by atoms with E-state index in [0.717, 1.165) is 0 Å². The van der Waals surface area contributed by atoms with Crippen molar-refractivity contribution in [3.63, 3.8) is 0 Å². The molecule has 2 saturated carbocycles. The summed E-state index contributed by atoms with van der Waals surface area (Å²) in [6.45, 7) is 20.2. The highest BCUT2D eigenvalue weighted by molar-refractivity contribution is 7.00. The topological polar surface area (TPSA) is 6.48 Å². The summed E-state index contributed by atoms with van der Waals surface area (Å²) in [5, 5.41) is 0. The summed E-state index contributed by atoms with van der Waals surface area (Å²) in [6, 6.07) is 44.1. The second-order valence-corrected chi connectivity index (χ2v) is 23.9. The van der Waals surface area contributed by atoms with E-state index in [2.05, 4.69) is 174 Å². The van der Waals surface area contributed by atoms with Crippen molar-refractivity contribution in [2.45, 2.75) is 141 Å². The maximum atomic E-state index is 2.82. The minimum atomic E-state index is -0.201. The van der Waals surface area contributed by atoms with Crippen molar-refractivity contribution in [3.05, 3.63) is 176 Å². The molecule has 7 aromatic carbocycles. The quantitative estimate of drug-likeness (QED) is 0.160. The van der Waals surface area contributed by atoms with E-state index in [0.29, 0.717) is 23.7 Å². The Kier molecular flexibility index (Phi) is 7.99. The first-order valence-electron chi connectivity index (χ1n) is 26.4. The zero-order valence-corrected chi connectivity index (χ0v) is 41.4. The second kappa shape index (κ2) is 13.5. The van der Waals surface area contributed by atoms with E-state index in [4.69, 9.17) is 0 Å². The van der Waals surface area contributed by atoms with Gasteiger partial charge in [0.1, 0.15) is 0 Å². The number of nitrogens with zero attached hydrogens (tertiary/aromatic N) is 2. The predicted molar refractivity (Wildman–Crippen MR) is 289 cm³/mol. The highest BCUT2D eigenvalue weighted by atomic mass is 15.2. The van der Waals surface area contributed by atoms with Crippen molar-refractivity contribution < 1.29 is 0 Å². The molecule has 0 saturated heterocycles. The molecule has 0 radical (unpaired) electrons. The number of hydrogen-bond acceptors (Lipinski definition) is 2. The molecule has 4 heterocycles. The van der Waals surface area contributed by atoms with Crippen LogP contribution in [0.15, 0.2) is 109 Å². The van der Waals surface area contributed by atoms with Crippen molar-refractivity contribution in [2.75, 3.05) is 9.80 Å². The lowest BCUT2D eigenvalue weighted by molar-refractivity contribution is 0.353. The smallest absolute Gasteiger partial charge is 0.247 e. The molecule has 0 spiro atoms. The normalized spacial score (nSPS) is 22.9. The second-order valence-electron chi connectivity index (χ2n) is 23.9. The number of aryl methyl sites for hydroxylation is 4. The number of anilines is 6. The van der Waals surface area contributed by atoms with Crippen LogP contribution in [0.4, 0.5) is 34.1 Å². The van der Waals surface area contributed by atoms with Crippen LogP contribution in [0.2, 0.25) is 0 Å². The zero-order valence-electron chi connectivity index (χ0n) is 41.4. The molecule has 17 rings (SSSR count). The van der Waals surface area contributed by atoms with Crippen molar-refractivity contribution in [1.29, 1.82) is 0 Å². The van der Waals surface area contributed by atoms with Gasteiger partial charge in [-0.2, -0.15) is 0 Å². The molecule has 4 aliphatic heterocycles. The zero-order chi connectivity index (χ0) is 45.9. The van der Waals surface area contributed by atoms with E-state index in [1.807, 2.05) is 0 Å². The summed E-state index contributed by atoms with van der Waals surface area (Å²) in [4.78, 5) is 5.45. The van der Waals surface area contributed by atoms with Gasteiger partial charge in [0, 0.05) is 33.6 Å². The average Bonchev–Trinajstić information content (AvgIpc) is 3.34. The maximum Gasteiger partial charge on any atom is 0.247 e. The molecule has 10 aliphatic rings. The van der Waals surface area contributed by atoms with E-state index < -0.39 is 0 Å². The molecule has 0 N–H and O–H groups in total. The van der Waals surface area contributed by atoms with Gasteiger partial charge < -0.3 is 9.80 Å². The van der Waals surface area contributed by atoms with Crippen LogP contribution in [0.1, 0.15) is 169 Å². The largest absolute Gasteiger partial charge is 0.311 e. The lowest BCUT2D eigenvalue weighted by atomic mass is 9.26. The van der Waals surface area contributed by atoms with Crippen molar-refractivity contribution in [1.82, 2.24) is 0 Å². The molecule has 0 unspecified atom stereocenters. The molecule has 4 bridgehead atoms. The standard InChI is InChI=1S/C64H62B2N2/c1-35-15-13-16-36(2)61(35)67-51-21-11-9-19-47(51)65-49-33-46-50(34-45(49)63(5,6)57-55-41-27-23-39(24-28-41)43(55)31-53(67)59(57)65)66-48-20-10-12-22-52(48)68(62-37(3)17-14-18-38(62)4)54-32-44-40-25-29-42(30-26-40)56(44)58(60(54)66)64(46,7)8/h9-22,31-34,39-42H,23-30H2,1-8H3. The minimum absolute atomic E-state index is 0.155. The van der Waals surface area contributed by atoms with Crippen LogP contribution in [0.5, 0.6) is 0 Å². The SMILES string of the molecule is Cc1cccc(C)c1N1c2ccccc2B2c3cc4c(cc3C(C)(C)c3c2c1cc1c3C2CCC1CC2)B1c2ccccc2N(c2c(C)cccc2C)c2cc3c(c(c21)C4(C)C)C1CCC3CC1. The molecule has 6 aliphatic carbocycles. The van der Waals surface area contributed by atoms with Gasteiger partial charge in [-0.25, -0.2) is 0 Å². The van der Waals surface area contributed by atoms with Gasteiger partial charge in [0.05, 0.1) is 11.4 Å². The van der Waals surface area contributed by atoms with Crippen LogP contribution in [-0.4, -0.2) is 13.4 Å². The van der Waals surface area contributed by atoms with Crippen molar-refractivity contribution in [2.24, 2.45) is 0 Å². The van der Waals surface area contributed by atoms with Crippen LogP contribution in [0.25, 0.3) is 0 Å². The number of benzene rings is 7. The van der Waals surface area contributed by atoms with E-state index in [9.17, 15) is 0 Å². The molecule has 334 valence electrons. The summed E-state index contributed by atoms with van der Waals surface area (Å²) >= 11 is 0. The Hall–Kier alpha value is -5.73. The van der Waals surface area contributed by atoms with Gasteiger partial charge >= 0.3 is 0 Å². The minimum Gasteiger partial charge on any atom is -0.311 e. The molecule has 4 heteroatoms. The molecule has 0 amide bonds. The summed E-state index contributed by atoms with van der Waals surface area (Å²) in [5.41, 5.74) is 35.7. The van der Waals surface area contributed by atoms with Crippen molar-refractivity contribution in [3.8, 4) is 0 Å². The third-order valence-corrected chi connectivity index (χ3v) is 19.8. The Balaban J connectivity index is 1.06. The molecule has 0 aromatic heterocycles. The predicted octanol–water partition coefficient (Wildman–Crippen LogP) is 12.3. The number of rotatable bonds is 2. The monoisotopic (exact) mass is 881 g/mol. The van der Waals surface area contributed by atoms with Crippen LogP contribution >= 0.6 is 0 Å². The van der Waals surface area contributed by atoms with Gasteiger partial charge in [-0.1, -0.05) is 124 Å². The van der Waals surface area contributed by atoms with Gasteiger partial charge in [-0.05, 0) is 216 Å². The summed E-state index contributed by atoms with van der Waals surface area (Å²) in [7, 11) is 0. The molecule has 2 nitrogen and oxygen atoms in total.